The Morgan fingerprint density at radius 2 is 2.25 bits per heavy atom. The van der Waals surface area contributed by atoms with E-state index in [0.29, 0.717) is 6.42 Å². The molecule has 0 bridgehead atoms. The number of halogens is 2. The molecule has 0 heterocycles. The number of hydrogen-bond acceptors (Lipinski definition) is 1. The van der Waals surface area contributed by atoms with Crippen LogP contribution in [0.15, 0.2) is 0 Å². The van der Waals surface area contributed by atoms with Crippen molar-refractivity contribution in [3.05, 3.63) is 0 Å². The first-order valence-corrected chi connectivity index (χ1v) is 5.29. The summed E-state index contributed by atoms with van der Waals surface area (Å²) >= 11 is 12.2. The van der Waals surface area contributed by atoms with Gasteiger partial charge in [-0.05, 0) is 12.8 Å². The molecule has 3 heteroatoms. The Kier molecular flexibility index (Phi) is 3.42. The average Bonchev–Trinajstić information content (AvgIpc) is 2.09. The molecule has 0 amide bonds. The van der Waals surface area contributed by atoms with Gasteiger partial charge in [-0.1, -0.05) is 19.8 Å². The van der Waals surface area contributed by atoms with Gasteiger partial charge in [-0.15, -0.1) is 23.2 Å². The highest BCUT2D eigenvalue weighted by Crippen LogP contribution is 2.39. The van der Waals surface area contributed by atoms with Gasteiger partial charge in [0.05, 0.1) is 5.38 Å². The van der Waals surface area contributed by atoms with Crippen LogP contribution in [-0.2, 0) is 4.79 Å². The number of hydrogen-bond donors (Lipinski definition) is 0. The van der Waals surface area contributed by atoms with Crippen LogP contribution in [0.3, 0.4) is 0 Å². The monoisotopic (exact) mass is 208 g/mol. The van der Waals surface area contributed by atoms with Crippen LogP contribution in [0, 0.1) is 0 Å². The van der Waals surface area contributed by atoms with Crippen LogP contribution in [0.4, 0.5) is 0 Å². The standard InChI is InChI=1S/C9H14Cl2O/c1-2-8(12)9(11)6-4-3-5-7(9)10/h7H,2-6H2,1H3. The first-order chi connectivity index (χ1) is 5.61. The molecule has 0 aromatic heterocycles. The Morgan fingerprint density at radius 3 is 2.75 bits per heavy atom. The Balaban J connectivity index is 2.72. The highest BCUT2D eigenvalue weighted by Gasteiger charge is 2.43. The maximum Gasteiger partial charge on any atom is 0.154 e. The van der Waals surface area contributed by atoms with Crippen molar-refractivity contribution >= 4 is 29.0 Å². The minimum Gasteiger partial charge on any atom is -0.298 e. The van der Waals surface area contributed by atoms with Gasteiger partial charge in [0.1, 0.15) is 4.87 Å². The molecule has 0 N–H and O–H groups in total. The van der Waals surface area contributed by atoms with Crippen molar-refractivity contribution in [2.75, 3.05) is 0 Å². The second kappa shape index (κ2) is 3.97. The molecule has 0 aromatic carbocycles. The zero-order chi connectivity index (χ0) is 9.19. The van der Waals surface area contributed by atoms with Crippen molar-refractivity contribution in [1.82, 2.24) is 0 Å². The molecule has 1 nitrogen and oxygen atoms in total. The van der Waals surface area contributed by atoms with Gasteiger partial charge in [0.2, 0.25) is 0 Å². The van der Waals surface area contributed by atoms with Crippen LogP contribution in [0.25, 0.3) is 0 Å². The fourth-order valence-electron chi connectivity index (χ4n) is 1.70. The van der Waals surface area contributed by atoms with Crippen LogP contribution >= 0.6 is 23.2 Å². The van der Waals surface area contributed by atoms with E-state index in [1.54, 1.807) is 0 Å². The van der Waals surface area contributed by atoms with Crippen LogP contribution in [0.1, 0.15) is 39.0 Å². The van der Waals surface area contributed by atoms with Gasteiger partial charge < -0.3 is 0 Å². The molecule has 70 valence electrons. The number of carbonyl (C=O) groups is 1. The summed E-state index contributed by atoms with van der Waals surface area (Å²) in [7, 11) is 0. The zero-order valence-corrected chi connectivity index (χ0v) is 8.79. The molecule has 0 radical (unpaired) electrons. The minimum atomic E-state index is -0.755. The van der Waals surface area contributed by atoms with Crippen molar-refractivity contribution in [1.29, 1.82) is 0 Å². The Hall–Kier alpha value is 0.250. The number of rotatable bonds is 2. The van der Waals surface area contributed by atoms with E-state index < -0.39 is 4.87 Å². The Labute approximate surface area is 83.4 Å². The fourth-order valence-corrected chi connectivity index (χ4v) is 2.46. The zero-order valence-electron chi connectivity index (χ0n) is 7.28. The largest absolute Gasteiger partial charge is 0.298 e. The highest BCUT2D eigenvalue weighted by molar-refractivity contribution is 6.41. The molecular weight excluding hydrogens is 195 g/mol. The molecule has 1 aliphatic carbocycles. The second-order valence-corrected chi connectivity index (χ2v) is 4.55. The Bertz CT molecular complexity index is 181. The van der Waals surface area contributed by atoms with E-state index in [9.17, 15) is 4.79 Å². The lowest BCUT2D eigenvalue weighted by molar-refractivity contribution is -0.122. The van der Waals surface area contributed by atoms with E-state index in [1.807, 2.05) is 6.92 Å². The molecule has 0 spiro atoms. The van der Waals surface area contributed by atoms with Crippen LogP contribution in [-0.4, -0.2) is 16.0 Å². The van der Waals surface area contributed by atoms with Crippen molar-refractivity contribution in [2.24, 2.45) is 0 Å². The molecular formula is C9H14Cl2O. The van der Waals surface area contributed by atoms with Gasteiger partial charge >= 0.3 is 0 Å². The molecule has 0 aliphatic heterocycles. The molecule has 0 saturated heterocycles. The summed E-state index contributed by atoms with van der Waals surface area (Å²) in [5.74, 6) is 0.101. The summed E-state index contributed by atoms with van der Waals surface area (Å²) in [4.78, 5) is 10.7. The van der Waals surface area contributed by atoms with Crippen molar-refractivity contribution in [3.63, 3.8) is 0 Å². The lowest BCUT2D eigenvalue weighted by atomic mass is 9.84. The maximum atomic E-state index is 11.5. The third kappa shape index (κ3) is 1.77. The van der Waals surface area contributed by atoms with Gasteiger partial charge in [0.15, 0.2) is 5.78 Å². The first-order valence-electron chi connectivity index (χ1n) is 4.47. The predicted molar refractivity (Wildman–Crippen MR) is 52.0 cm³/mol. The average molecular weight is 209 g/mol. The number of Topliss-reactive ketones (excluding diaryl/α,β-unsaturated/α-hetero) is 1. The fraction of sp³-hybridized carbons (Fsp3) is 0.889. The smallest absolute Gasteiger partial charge is 0.154 e. The molecule has 1 aliphatic rings. The van der Waals surface area contributed by atoms with Gasteiger partial charge in [-0.25, -0.2) is 0 Å². The number of carbonyl (C=O) groups excluding carboxylic acids is 1. The summed E-state index contributed by atoms with van der Waals surface area (Å²) in [6.07, 6.45) is 4.23. The van der Waals surface area contributed by atoms with E-state index in [-0.39, 0.29) is 11.2 Å². The quantitative estimate of drug-likeness (QED) is 0.638. The molecule has 1 rings (SSSR count). The lowest BCUT2D eigenvalue weighted by Gasteiger charge is -2.33. The third-order valence-corrected chi connectivity index (χ3v) is 3.89. The van der Waals surface area contributed by atoms with Crippen LogP contribution in [0.5, 0.6) is 0 Å². The summed E-state index contributed by atoms with van der Waals surface area (Å²) in [5, 5.41) is -0.166. The molecule has 0 aromatic rings. The van der Waals surface area contributed by atoms with Gasteiger partial charge in [-0.3, -0.25) is 4.79 Å². The van der Waals surface area contributed by atoms with E-state index in [2.05, 4.69) is 0 Å². The molecule has 1 fully saturated rings. The SMILES string of the molecule is CCC(=O)C1(Cl)CCCCC1Cl. The van der Waals surface area contributed by atoms with Gasteiger partial charge in [0, 0.05) is 6.42 Å². The maximum absolute atomic E-state index is 11.5. The summed E-state index contributed by atoms with van der Waals surface area (Å²) in [6, 6.07) is 0. The summed E-state index contributed by atoms with van der Waals surface area (Å²) < 4.78 is 0. The summed E-state index contributed by atoms with van der Waals surface area (Å²) in [5.41, 5.74) is 0. The third-order valence-electron chi connectivity index (χ3n) is 2.53. The van der Waals surface area contributed by atoms with Crippen molar-refractivity contribution < 1.29 is 4.79 Å². The van der Waals surface area contributed by atoms with E-state index in [0.717, 1.165) is 25.7 Å². The number of ketones is 1. The van der Waals surface area contributed by atoms with Crippen LogP contribution < -0.4 is 0 Å². The van der Waals surface area contributed by atoms with Gasteiger partial charge in [-0.2, -0.15) is 0 Å². The van der Waals surface area contributed by atoms with Crippen molar-refractivity contribution in [3.8, 4) is 0 Å². The summed E-state index contributed by atoms with van der Waals surface area (Å²) in [6.45, 7) is 1.84. The predicted octanol–water partition coefficient (Wildman–Crippen LogP) is 3.12. The molecule has 12 heavy (non-hydrogen) atoms. The van der Waals surface area contributed by atoms with Crippen LogP contribution in [0.2, 0.25) is 0 Å². The second-order valence-electron chi connectivity index (χ2n) is 3.35. The molecule has 1 saturated carbocycles. The van der Waals surface area contributed by atoms with Crippen molar-refractivity contribution in [2.45, 2.75) is 49.3 Å². The lowest BCUT2D eigenvalue weighted by Crippen LogP contribution is -2.43. The topological polar surface area (TPSA) is 17.1 Å². The van der Waals surface area contributed by atoms with E-state index in [4.69, 9.17) is 23.2 Å². The van der Waals surface area contributed by atoms with Gasteiger partial charge in [0.25, 0.3) is 0 Å². The number of alkyl halides is 2. The first kappa shape index (κ1) is 10.3. The highest BCUT2D eigenvalue weighted by atomic mass is 35.5. The van der Waals surface area contributed by atoms with E-state index >= 15 is 0 Å². The Morgan fingerprint density at radius 1 is 1.58 bits per heavy atom. The molecule has 2 atom stereocenters. The minimum absolute atomic E-state index is 0.101. The van der Waals surface area contributed by atoms with E-state index in [1.165, 1.54) is 0 Å². The molecule has 2 unspecified atom stereocenters. The normalized spacial score (nSPS) is 36.4.